The van der Waals surface area contributed by atoms with Gasteiger partial charge in [-0.25, -0.2) is 14.4 Å². The molecular formula is C11H6ClFN4. The van der Waals surface area contributed by atoms with E-state index in [1.165, 1.54) is 30.6 Å². The lowest BCUT2D eigenvalue weighted by Crippen LogP contribution is -1.95. The van der Waals surface area contributed by atoms with E-state index in [9.17, 15) is 4.39 Å². The van der Waals surface area contributed by atoms with Gasteiger partial charge in [0.05, 0.1) is 0 Å². The molecule has 0 aliphatic heterocycles. The molecule has 0 atom stereocenters. The summed E-state index contributed by atoms with van der Waals surface area (Å²) < 4.78 is 13.5. The largest absolute Gasteiger partial charge is 0.261 e. The van der Waals surface area contributed by atoms with Gasteiger partial charge in [0.15, 0.2) is 6.19 Å². The van der Waals surface area contributed by atoms with E-state index in [4.69, 9.17) is 16.9 Å². The standard InChI is InChI=1S/C11H6ClFN4/c12-8-1-2-10(13)9(3-8)7-4-15-11(16-5-7)17-6-14/h1-5H,(H,15,16,17). The maximum absolute atomic E-state index is 13.5. The highest BCUT2D eigenvalue weighted by Crippen LogP contribution is 2.25. The van der Waals surface area contributed by atoms with Crippen LogP contribution in [0.2, 0.25) is 5.02 Å². The van der Waals surface area contributed by atoms with Crippen LogP contribution in [0, 0.1) is 17.3 Å². The first-order valence-electron chi connectivity index (χ1n) is 4.63. The van der Waals surface area contributed by atoms with Gasteiger partial charge in [-0.1, -0.05) is 11.6 Å². The van der Waals surface area contributed by atoms with Gasteiger partial charge in [-0.15, -0.1) is 0 Å². The van der Waals surface area contributed by atoms with Crippen LogP contribution >= 0.6 is 11.6 Å². The van der Waals surface area contributed by atoms with Crippen LogP contribution in [0.5, 0.6) is 0 Å². The van der Waals surface area contributed by atoms with Crippen LogP contribution in [-0.4, -0.2) is 9.97 Å². The van der Waals surface area contributed by atoms with E-state index in [2.05, 4.69) is 15.3 Å². The fraction of sp³-hybridized carbons (Fsp3) is 0. The number of benzene rings is 1. The number of nitriles is 1. The van der Waals surface area contributed by atoms with Crippen molar-refractivity contribution in [1.82, 2.24) is 9.97 Å². The molecule has 0 aliphatic rings. The third-order valence-electron chi connectivity index (χ3n) is 2.06. The number of nitrogens with zero attached hydrogens (tertiary/aromatic N) is 3. The normalized spacial score (nSPS) is 9.71. The van der Waals surface area contributed by atoms with Crippen molar-refractivity contribution in [3.63, 3.8) is 0 Å². The molecule has 0 unspecified atom stereocenters. The van der Waals surface area contributed by atoms with Gasteiger partial charge in [-0.2, -0.15) is 5.26 Å². The molecule has 0 saturated carbocycles. The van der Waals surface area contributed by atoms with Crippen LogP contribution in [-0.2, 0) is 0 Å². The molecule has 0 amide bonds. The molecule has 1 aromatic carbocycles. The minimum Gasteiger partial charge on any atom is -0.261 e. The second-order valence-electron chi connectivity index (χ2n) is 3.16. The number of hydrogen-bond donors (Lipinski definition) is 1. The second kappa shape index (κ2) is 4.76. The van der Waals surface area contributed by atoms with Crippen LogP contribution in [0.4, 0.5) is 10.3 Å². The summed E-state index contributed by atoms with van der Waals surface area (Å²) in [6, 6.07) is 4.24. The molecule has 1 aromatic heterocycles. The zero-order chi connectivity index (χ0) is 12.3. The maximum atomic E-state index is 13.5. The number of hydrogen-bond acceptors (Lipinski definition) is 4. The van der Waals surface area contributed by atoms with Crippen LogP contribution in [0.1, 0.15) is 0 Å². The summed E-state index contributed by atoms with van der Waals surface area (Å²) in [5.41, 5.74) is 0.814. The van der Waals surface area contributed by atoms with Crippen molar-refractivity contribution in [2.45, 2.75) is 0 Å². The quantitative estimate of drug-likeness (QED) is 0.656. The number of rotatable bonds is 2. The highest BCUT2D eigenvalue weighted by molar-refractivity contribution is 6.30. The van der Waals surface area contributed by atoms with Gasteiger partial charge in [0.1, 0.15) is 5.82 Å². The predicted octanol–water partition coefficient (Wildman–Crippen LogP) is 2.83. The van der Waals surface area contributed by atoms with E-state index in [-0.39, 0.29) is 5.95 Å². The first-order valence-corrected chi connectivity index (χ1v) is 5.01. The molecule has 1 heterocycles. The third-order valence-corrected chi connectivity index (χ3v) is 2.29. The van der Waals surface area contributed by atoms with Gasteiger partial charge in [0, 0.05) is 28.5 Å². The Bertz CT molecular complexity index is 577. The van der Waals surface area contributed by atoms with Gasteiger partial charge in [0.2, 0.25) is 5.95 Å². The molecular weight excluding hydrogens is 243 g/mol. The molecule has 2 rings (SSSR count). The Hall–Kier alpha value is -2.19. The molecule has 0 saturated heterocycles. The Balaban J connectivity index is 2.40. The van der Waals surface area contributed by atoms with E-state index in [0.717, 1.165) is 0 Å². The molecule has 4 nitrogen and oxygen atoms in total. The molecule has 0 aliphatic carbocycles. The molecule has 0 bridgehead atoms. The lowest BCUT2D eigenvalue weighted by molar-refractivity contribution is 0.631. The fourth-order valence-corrected chi connectivity index (χ4v) is 1.47. The molecule has 1 N–H and O–H groups in total. The first kappa shape index (κ1) is 11.3. The van der Waals surface area contributed by atoms with E-state index in [0.29, 0.717) is 16.1 Å². The van der Waals surface area contributed by atoms with E-state index in [1.54, 1.807) is 6.19 Å². The van der Waals surface area contributed by atoms with Crippen LogP contribution in [0.25, 0.3) is 11.1 Å². The van der Waals surface area contributed by atoms with Crippen LogP contribution < -0.4 is 5.32 Å². The third kappa shape index (κ3) is 2.49. The average Bonchev–Trinajstić information content (AvgIpc) is 2.34. The van der Waals surface area contributed by atoms with Crippen molar-refractivity contribution in [2.75, 3.05) is 5.32 Å². The Kier molecular flexibility index (Phi) is 3.17. The van der Waals surface area contributed by atoms with Crippen molar-refractivity contribution in [1.29, 1.82) is 5.26 Å². The van der Waals surface area contributed by atoms with Crippen molar-refractivity contribution in [3.8, 4) is 17.3 Å². The number of anilines is 1. The predicted molar refractivity (Wildman–Crippen MR) is 61.7 cm³/mol. The van der Waals surface area contributed by atoms with Gasteiger partial charge >= 0.3 is 0 Å². The van der Waals surface area contributed by atoms with E-state index in [1.807, 2.05) is 0 Å². The average molecular weight is 249 g/mol. The Morgan fingerprint density at radius 2 is 2.00 bits per heavy atom. The van der Waals surface area contributed by atoms with Crippen LogP contribution in [0.15, 0.2) is 30.6 Å². The smallest absolute Gasteiger partial charge is 0.236 e. The summed E-state index contributed by atoms with van der Waals surface area (Å²) in [7, 11) is 0. The van der Waals surface area contributed by atoms with Crippen molar-refractivity contribution in [2.24, 2.45) is 0 Å². The van der Waals surface area contributed by atoms with Gasteiger partial charge in [-0.3, -0.25) is 5.32 Å². The van der Waals surface area contributed by atoms with E-state index < -0.39 is 5.82 Å². The number of aromatic nitrogens is 2. The molecule has 84 valence electrons. The second-order valence-corrected chi connectivity index (χ2v) is 3.59. The summed E-state index contributed by atoms with van der Waals surface area (Å²) in [4.78, 5) is 7.72. The van der Waals surface area contributed by atoms with E-state index >= 15 is 0 Å². The SMILES string of the molecule is N#CNc1ncc(-c2cc(Cl)ccc2F)cn1. The van der Waals surface area contributed by atoms with Gasteiger partial charge in [0.25, 0.3) is 0 Å². The summed E-state index contributed by atoms with van der Waals surface area (Å²) in [5, 5.41) is 11.1. The van der Waals surface area contributed by atoms with Crippen molar-refractivity contribution < 1.29 is 4.39 Å². The molecule has 2 aromatic rings. The molecule has 6 heteroatoms. The monoisotopic (exact) mass is 248 g/mol. The summed E-state index contributed by atoms with van der Waals surface area (Å²) in [6.07, 6.45) is 4.53. The Labute approximate surface area is 102 Å². The Morgan fingerprint density at radius 3 is 2.65 bits per heavy atom. The minimum atomic E-state index is -0.404. The number of nitrogens with one attached hydrogen (secondary N) is 1. The lowest BCUT2D eigenvalue weighted by atomic mass is 10.1. The van der Waals surface area contributed by atoms with Gasteiger partial charge < -0.3 is 0 Å². The molecule has 0 radical (unpaired) electrons. The maximum Gasteiger partial charge on any atom is 0.236 e. The van der Waals surface area contributed by atoms with Crippen LogP contribution in [0.3, 0.4) is 0 Å². The van der Waals surface area contributed by atoms with Crippen molar-refractivity contribution >= 4 is 17.5 Å². The zero-order valence-corrected chi connectivity index (χ0v) is 9.24. The Morgan fingerprint density at radius 1 is 1.29 bits per heavy atom. The molecule has 0 spiro atoms. The topological polar surface area (TPSA) is 61.6 Å². The number of halogens is 2. The zero-order valence-electron chi connectivity index (χ0n) is 8.48. The first-order chi connectivity index (χ1) is 8.20. The fourth-order valence-electron chi connectivity index (χ4n) is 1.30. The molecule has 0 fully saturated rings. The summed E-state index contributed by atoms with van der Waals surface area (Å²) in [5.74, 6) is -0.238. The molecule has 17 heavy (non-hydrogen) atoms. The lowest BCUT2D eigenvalue weighted by Gasteiger charge is -2.03. The van der Waals surface area contributed by atoms with Crippen molar-refractivity contribution in [3.05, 3.63) is 41.4 Å². The minimum absolute atomic E-state index is 0.165. The highest BCUT2D eigenvalue weighted by Gasteiger charge is 2.07. The summed E-state index contributed by atoms with van der Waals surface area (Å²) >= 11 is 5.78. The highest BCUT2D eigenvalue weighted by atomic mass is 35.5. The summed E-state index contributed by atoms with van der Waals surface area (Å²) in [6.45, 7) is 0. The van der Waals surface area contributed by atoms with Gasteiger partial charge in [-0.05, 0) is 18.2 Å².